The molecule has 0 rings (SSSR count). The van der Waals surface area contributed by atoms with Gasteiger partial charge in [0, 0.05) is 0 Å². The van der Waals surface area contributed by atoms with Crippen molar-refractivity contribution >= 4 is 11.8 Å². The van der Waals surface area contributed by atoms with Gasteiger partial charge in [0.05, 0.1) is 6.42 Å². The molecule has 5 heteroatoms. The van der Waals surface area contributed by atoms with E-state index < -0.39 is 29.9 Å². The Kier molecular flexibility index (Phi) is 17.3. The van der Waals surface area contributed by atoms with E-state index in [0.29, 0.717) is 12.8 Å². The molecule has 0 aromatic carbocycles. The number of aliphatic hydroxyl groups is 2. The first kappa shape index (κ1) is 28.1. The van der Waals surface area contributed by atoms with Crippen LogP contribution in [0.3, 0.4) is 0 Å². The molecule has 0 aromatic heterocycles. The van der Waals surface area contributed by atoms with Crippen molar-refractivity contribution in [3.63, 3.8) is 0 Å². The molecule has 0 fully saturated rings. The van der Waals surface area contributed by atoms with Crippen LogP contribution in [0, 0.1) is 0 Å². The number of aliphatic carboxylic acids is 1. The summed E-state index contributed by atoms with van der Waals surface area (Å²) in [6.07, 6.45) is 14.8. The monoisotopic (exact) mass is 414 g/mol. The predicted molar refractivity (Wildman–Crippen MR) is 118 cm³/mol. The lowest BCUT2D eigenvalue weighted by Gasteiger charge is -2.27. The highest BCUT2D eigenvalue weighted by atomic mass is 16.4. The lowest BCUT2D eigenvalue weighted by molar-refractivity contribution is -0.157. The molecule has 0 aliphatic rings. The van der Waals surface area contributed by atoms with Gasteiger partial charge in [-0.3, -0.25) is 9.59 Å². The number of Topliss-reactive ketones (excluding diaryl/α,β-unsaturated/α-hetero) is 1. The Hall–Kier alpha value is -0.940. The van der Waals surface area contributed by atoms with Crippen LogP contribution in [0.5, 0.6) is 0 Å². The molecule has 0 amide bonds. The summed E-state index contributed by atoms with van der Waals surface area (Å²) in [5.41, 5.74) is -1.95. The Bertz CT molecular complexity index is 423. The maximum Gasteiger partial charge on any atom is 0.306 e. The van der Waals surface area contributed by atoms with E-state index >= 15 is 0 Å². The van der Waals surface area contributed by atoms with Crippen LogP contribution in [-0.2, 0) is 9.59 Å². The van der Waals surface area contributed by atoms with Gasteiger partial charge >= 0.3 is 5.97 Å². The van der Waals surface area contributed by atoms with E-state index in [-0.39, 0.29) is 6.42 Å². The molecule has 0 saturated heterocycles. The van der Waals surface area contributed by atoms with Crippen molar-refractivity contribution in [2.24, 2.45) is 0 Å². The van der Waals surface area contributed by atoms with Gasteiger partial charge < -0.3 is 15.3 Å². The normalized spacial score (nSPS) is 14.5. The van der Waals surface area contributed by atoms with Crippen LogP contribution in [-0.4, -0.2) is 38.8 Å². The number of carboxylic acid groups (broad SMARTS) is 1. The molecule has 5 nitrogen and oxygen atoms in total. The zero-order valence-electron chi connectivity index (χ0n) is 19.0. The van der Waals surface area contributed by atoms with Crippen LogP contribution >= 0.6 is 0 Å². The molecule has 0 aliphatic heterocycles. The average Bonchev–Trinajstić information content (AvgIpc) is 2.68. The second-order valence-electron chi connectivity index (χ2n) is 8.62. The van der Waals surface area contributed by atoms with Gasteiger partial charge in [-0.2, -0.15) is 0 Å². The maximum atomic E-state index is 12.5. The van der Waals surface area contributed by atoms with E-state index in [1.807, 2.05) is 0 Å². The summed E-state index contributed by atoms with van der Waals surface area (Å²) in [6.45, 7) is 4.32. The fourth-order valence-corrected chi connectivity index (χ4v) is 3.84. The Labute approximate surface area is 178 Å². The minimum atomic E-state index is -1.95. The summed E-state index contributed by atoms with van der Waals surface area (Å²) in [5.74, 6) is -1.92. The van der Waals surface area contributed by atoms with Gasteiger partial charge in [0.2, 0.25) is 0 Å². The fourth-order valence-electron chi connectivity index (χ4n) is 3.84. The molecule has 0 radical (unpaired) electrons. The van der Waals surface area contributed by atoms with Crippen LogP contribution in [0.2, 0.25) is 0 Å². The third kappa shape index (κ3) is 14.6. The number of hydrogen-bond donors (Lipinski definition) is 3. The molecule has 172 valence electrons. The van der Waals surface area contributed by atoms with Gasteiger partial charge in [0.1, 0.15) is 11.7 Å². The van der Waals surface area contributed by atoms with Crippen LogP contribution in [0.25, 0.3) is 0 Å². The van der Waals surface area contributed by atoms with E-state index in [0.717, 1.165) is 44.9 Å². The van der Waals surface area contributed by atoms with Crippen molar-refractivity contribution < 1.29 is 24.9 Å². The van der Waals surface area contributed by atoms with Crippen molar-refractivity contribution in [3.8, 4) is 0 Å². The minimum absolute atomic E-state index is 0.108. The summed E-state index contributed by atoms with van der Waals surface area (Å²) in [7, 11) is 0. The van der Waals surface area contributed by atoms with Crippen LogP contribution in [0.15, 0.2) is 0 Å². The predicted octanol–water partition coefficient (Wildman–Crippen LogP) is 5.79. The maximum absolute atomic E-state index is 12.5. The number of ketones is 1. The number of aliphatic hydroxyl groups excluding tert-OH is 1. The van der Waals surface area contributed by atoms with Crippen molar-refractivity contribution in [1.29, 1.82) is 0 Å². The van der Waals surface area contributed by atoms with Gasteiger partial charge in [0.15, 0.2) is 5.78 Å². The Morgan fingerprint density at radius 2 is 1.14 bits per heavy atom. The van der Waals surface area contributed by atoms with E-state index in [4.69, 9.17) is 5.11 Å². The van der Waals surface area contributed by atoms with E-state index in [9.17, 15) is 19.8 Å². The van der Waals surface area contributed by atoms with E-state index in [2.05, 4.69) is 13.8 Å². The first-order valence-electron chi connectivity index (χ1n) is 12.0. The SMILES string of the molecule is CCCCCCCCCCCCC(O)C(=O)C(O)(CCCCCCC)CC(=O)O. The zero-order valence-corrected chi connectivity index (χ0v) is 19.0. The highest BCUT2D eigenvalue weighted by Gasteiger charge is 2.40. The lowest BCUT2D eigenvalue weighted by Crippen LogP contribution is -2.46. The molecule has 0 heterocycles. The fraction of sp³-hybridized carbons (Fsp3) is 0.917. The number of hydrogen-bond acceptors (Lipinski definition) is 4. The summed E-state index contributed by atoms with van der Waals surface area (Å²) in [6, 6.07) is 0. The quantitative estimate of drug-likeness (QED) is 0.207. The third-order valence-corrected chi connectivity index (χ3v) is 5.73. The largest absolute Gasteiger partial charge is 0.481 e. The molecule has 0 aromatic rings. The summed E-state index contributed by atoms with van der Waals surface area (Å²) in [4.78, 5) is 23.7. The van der Waals surface area contributed by atoms with Gasteiger partial charge in [-0.1, -0.05) is 110 Å². The third-order valence-electron chi connectivity index (χ3n) is 5.73. The van der Waals surface area contributed by atoms with Crippen LogP contribution in [0.4, 0.5) is 0 Å². The summed E-state index contributed by atoms with van der Waals surface area (Å²) < 4.78 is 0. The standard InChI is InChI=1S/C24H46O5/c1-3-5-7-9-10-11-12-13-14-16-18-21(25)23(28)24(29,20-22(26)27)19-17-15-8-6-4-2/h21,25,29H,3-20H2,1-2H3,(H,26,27). The first-order valence-corrected chi connectivity index (χ1v) is 12.0. The van der Waals surface area contributed by atoms with Gasteiger partial charge in [0.25, 0.3) is 0 Å². The van der Waals surface area contributed by atoms with Gasteiger partial charge in [-0.15, -0.1) is 0 Å². The highest BCUT2D eigenvalue weighted by Crippen LogP contribution is 2.24. The van der Waals surface area contributed by atoms with Gasteiger partial charge in [-0.25, -0.2) is 0 Å². The first-order chi connectivity index (χ1) is 13.9. The van der Waals surface area contributed by atoms with Crippen molar-refractivity contribution in [1.82, 2.24) is 0 Å². The van der Waals surface area contributed by atoms with Gasteiger partial charge in [-0.05, 0) is 12.8 Å². The molecule has 0 spiro atoms. The summed E-state index contributed by atoms with van der Waals surface area (Å²) in [5, 5.41) is 30.0. The Morgan fingerprint density at radius 3 is 1.59 bits per heavy atom. The molecule has 29 heavy (non-hydrogen) atoms. The lowest BCUT2D eigenvalue weighted by atomic mass is 9.84. The van der Waals surface area contributed by atoms with Crippen molar-refractivity contribution in [3.05, 3.63) is 0 Å². The van der Waals surface area contributed by atoms with Crippen LogP contribution in [0.1, 0.15) is 129 Å². The Morgan fingerprint density at radius 1 is 0.724 bits per heavy atom. The molecule has 2 unspecified atom stereocenters. The molecule has 0 bridgehead atoms. The van der Waals surface area contributed by atoms with Crippen LogP contribution < -0.4 is 0 Å². The molecular formula is C24H46O5. The second kappa shape index (κ2) is 17.9. The molecular weight excluding hydrogens is 368 g/mol. The molecule has 3 N–H and O–H groups in total. The number of unbranched alkanes of at least 4 members (excludes halogenated alkanes) is 13. The van der Waals surface area contributed by atoms with E-state index in [1.165, 1.54) is 44.9 Å². The summed E-state index contributed by atoms with van der Waals surface area (Å²) >= 11 is 0. The number of carboxylic acids is 1. The van der Waals surface area contributed by atoms with Crippen molar-refractivity contribution in [2.45, 2.75) is 141 Å². The smallest absolute Gasteiger partial charge is 0.306 e. The molecule has 0 saturated carbocycles. The average molecular weight is 415 g/mol. The molecule has 0 aliphatic carbocycles. The zero-order chi connectivity index (χ0) is 22.0. The molecule has 2 atom stereocenters. The second-order valence-corrected chi connectivity index (χ2v) is 8.62. The van der Waals surface area contributed by atoms with Crippen molar-refractivity contribution in [2.75, 3.05) is 0 Å². The number of carbonyl (C=O) groups is 2. The topological polar surface area (TPSA) is 94.8 Å². The highest BCUT2D eigenvalue weighted by molar-refractivity contribution is 5.93. The number of rotatable bonds is 21. The number of carbonyl (C=O) groups excluding carboxylic acids is 1. The Balaban J connectivity index is 4.15. The van der Waals surface area contributed by atoms with E-state index in [1.54, 1.807) is 0 Å². The minimum Gasteiger partial charge on any atom is -0.481 e.